The summed E-state index contributed by atoms with van der Waals surface area (Å²) in [7, 11) is 0. The second-order valence-electron chi connectivity index (χ2n) is 4.08. The van der Waals surface area contributed by atoms with Gasteiger partial charge in [0.25, 0.3) is 0 Å². The number of fused-ring (bicyclic) bond motifs is 1. The van der Waals surface area contributed by atoms with E-state index in [1.54, 1.807) is 18.2 Å². The molecule has 18 heavy (non-hydrogen) atoms. The van der Waals surface area contributed by atoms with Crippen molar-refractivity contribution >= 4 is 17.4 Å². The van der Waals surface area contributed by atoms with Crippen LogP contribution in [0, 0.1) is 0 Å². The molecule has 0 aliphatic carbocycles. The maximum Gasteiger partial charge on any atom is 0.131 e. The van der Waals surface area contributed by atoms with Crippen molar-refractivity contribution in [2.75, 3.05) is 11.9 Å². The molecular formula is C13H11ClN2O2. The van der Waals surface area contributed by atoms with E-state index in [0.717, 1.165) is 5.56 Å². The van der Waals surface area contributed by atoms with Gasteiger partial charge in [-0.15, -0.1) is 0 Å². The molecule has 0 fully saturated rings. The number of benzene rings is 1. The normalized spacial score (nSPS) is 17.1. The summed E-state index contributed by atoms with van der Waals surface area (Å²) in [4.78, 5) is 4.18. The Morgan fingerprint density at radius 3 is 3.06 bits per heavy atom. The second-order valence-corrected chi connectivity index (χ2v) is 4.46. The first kappa shape index (κ1) is 11.2. The van der Waals surface area contributed by atoms with E-state index in [1.807, 2.05) is 18.2 Å². The second kappa shape index (κ2) is 4.38. The molecule has 1 unspecified atom stereocenters. The van der Waals surface area contributed by atoms with Crippen LogP contribution in [-0.2, 0) is 0 Å². The van der Waals surface area contributed by atoms with Crippen LogP contribution in [0.4, 0.5) is 5.82 Å². The zero-order chi connectivity index (χ0) is 12.5. The van der Waals surface area contributed by atoms with Crippen molar-refractivity contribution in [3.63, 3.8) is 0 Å². The molecule has 4 nitrogen and oxygen atoms in total. The van der Waals surface area contributed by atoms with Crippen LogP contribution in [-0.4, -0.2) is 16.7 Å². The Labute approximate surface area is 109 Å². The van der Waals surface area contributed by atoms with E-state index < -0.39 is 0 Å². The highest BCUT2D eigenvalue weighted by atomic mass is 35.5. The Morgan fingerprint density at radius 2 is 2.22 bits per heavy atom. The molecule has 2 N–H and O–H groups in total. The molecule has 0 radical (unpaired) electrons. The van der Waals surface area contributed by atoms with E-state index in [9.17, 15) is 5.11 Å². The van der Waals surface area contributed by atoms with Gasteiger partial charge < -0.3 is 15.2 Å². The number of hydrogen-bond acceptors (Lipinski definition) is 4. The van der Waals surface area contributed by atoms with Gasteiger partial charge in [-0.3, -0.25) is 0 Å². The van der Waals surface area contributed by atoms with Gasteiger partial charge in [-0.05, 0) is 24.3 Å². The van der Waals surface area contributed by atoms with E-state index in [4.69, 9.17) is 16.3 Å². The molecule has 1 aliphatic rings. The summed E-state index contributed by atoms with van der Waals surface area (Å²) in [6, 6.07) is 10.5. The topological polar surface area (TPSA) is 54.4 Å². The van der Waals surface area contributed by atoms with Gasteiger partial charge in [-0.25, -0.2) is 4.98 Å². The van der Waals surface area contributed by atoms with E-state index in [0.29, 0.717) is 23.3 Å². The Bertz CT molecular complexity index is 589. The predicted molar refractivity (Wildman–Crippen MR) is 69.2 cm³/mol. The lowest BCUT2D eigenvalue weighted by Gasteiger charge is -2.12. The molecule has 1 atom stereocenters. The maximum atomic E-state index is 9.38. The molecular weight excluding hydrogens is 252 g/mol. The predicted octanol–water partition coefficient (Wildman–Crippen LogP) is 2.99. The zero-order valence-electron chi connectivity index (χ0n) is 9.43. The van der Waals surface area contributed by atoms with Gasteiger partial charge in [-0.2, -0.15) is 0 Å². The van der Waals surface area contributed by atoms with Crippen molar-refractivity contribution in [2.24, 2.45) is 0 Å². The lowest BCUT2D eigenvalue weighted by molar-refractivity contribution is 0.338. The molecule has 1 aromatic carbocycles. The fourth-order valence-electron chi connectivity index (χ4n) is 1.99. The van der Waals surface area contributed by atoms with Crippen LogP contribution >= 0.6 is 11.6 Å². The Morgan fingerprint density at radius 1 is 1.33 bits per heavy atom. The van der Waals surface area contributed by atoms with Crippen molar-refractivity contribution in [1.29, 1.82) is 0 Å². The number of phenolic OH excluding ortho intramolecular Hbond substituents is 1. The minimum absolute atomic E-state index is 0.0200. The van der Waals surface area contributed by atoms with Crippen LogP contribution in [0.25, 0.3) is 0 Å². The fourth-order valence-corrected chi connectivity index (χ4v) is 2.15. The van der Waals surface area contributed by atoms with Gasteiger partial charge in [-0.1, -0.05) is 17.7 Å². The van der Waals surface area contributed by atoms with Crippen LogP contribution in [0.1, 0.15) is 11.6 Å². The number of aromatic nitrogens is 1. The molecule has 5 heteroatoms. The standard InChI is InChI=1S/C13H11ClN2O2/c14-12-2-1-3-13(16-12)15-10-7-18-11-6-8(17)4-5-9(10)11/h1-6,10,17H,7H2,(H,15,16). The average molecular weight is 263 g/mol. The number of rotatable bonds is 2. The minimum Gasteiger partial charge on any atom is -0.508 e. The highest BCUT2D eigenvalue weighted by Crippen LogP contribution is 2.36. The molecule has 1 aliphatic heterocycles. The van der Waals surface area contributed by atoms with Gasteiger partial charge in [0.15, 0.2) is 0 Å². The summed E-state index contributed by atoms with van der Waals surface area (Å²) in [5.41, 5.74) is 1.01. The van der Waals surface area contributed by atoms with E-state index in [-0.39, 0.29) is 11.8 Å². The largest absolute Gasteiger partial charge is 0.508 e. The van der Waals surface area contributed by atoms with Crippen LogP contribution in [0.2, 0.25) is 5.15 Å². The maximum absolute atomic E-state index is 9.38. The number of halogens is 1. The third kappa shape index (κ3) is 2.07. The summed E-state index contributed by atoms with van der Waals surface area (Å²) in [5, 5.41) is 13.1. The van der Waals surface area contributed by atoms with Crippen LogP contribution in [0.3, 0.4) is 0 Å². The van der Waals surface area contributed by atoms with Crippen molar-refractivity contribution in [1.82, 2.24) is 4.98 Å². The summed E-state index contributed by atoms with van der Waals surface area (Å²) >= 11 is 5.84. The van der Waals surface area contributed by atoms with Crippen molar-refractivity contribution in [2.45, 2.75) is 6.04 Å². The molecule has 0 saturated carbocycles. The molecule has 1 aromatic heterocycles. The molecule has 2 aromatic rings. The molecule has 92 valence electrons. The zero-order valence-corrected chi connectivity index (χ0v) is 10.2. The quantitative estimate of drug-likeness (QED) is 0.817. The molecule has 0 amide bonds. The first-order chi connectivity index (χ1) is 8.72. The number of ether oxygens (including phenoxy) is 1. The monoisotopic (exact) mass is 262 g/mol. The fraction of sp³-hybridized carbons (Fsp3) is 0.154. The van der Waals surface area contributed by atoms with Crippen LogP contribution < -0.4 is 10.1 Å². The Kier molecular flexibility index (Phi) is 2.72. The molecule has 2 heterocycles. The first-order valence-corrected chi connectivity index (χ1v) is 5.95. The SMILES string of the molecule is Oc1ccc2c(c1)OCC2Nc1cccc(Cl)n1. The Balaban J connectivity index is 1.85. The average Bonchev–Trinajstić information content (AvgIpc) is 2.72. The number of nitrogens with one attached hydrogen (secondary N) is 1. The van der Waals surface area contributed by atoms with Crippen molar-refractivity contribution in [3.8, 4) is 11.5 Å². The van der Waals surface area contributed by atoms with Gasteiger partial charge in [0.2, 0.25) is 0 Å². The first-order valence-electron chi connectivity index (χ1n) is 5.57. The van der Waals surface area contributed by atoms with Crippen molar-refractivity contribution in [3.05, 3.63) is 47.1 Å². The third-order valence-corrected chi connectivity index (χ3v) is 3.03. The molecule has 0 spiro atoms. The summed E-state index contributed by atoms with van der Waals surface area (Å²) in [6.07, 6.45) is 0. The summed E-state index contributed by atoms with van der Waals surface area (Å²) in [5.74, 6) is 1.61. The number of anilines is 1. The van der Waals surface area contributed by atoms with E-state index in [2.05, 4.69) is 10.3 Å². The van der Waals surface area contributed by atoms with Gasteiger partial charge in [0.1, 0.15) is 29.1 Å². The van der Waals surface area contributed by atoms with E-state index >= 15 is 0 Å². The highest BCUT2D eigenvalue weighted by molar-refractivity contribution is 6.29. The van der Waals surface area contributed by atoms with Gasteiger partial charge in [0.05, 0.1) is 6.04 Å². The summed E-state index contributed by atoms with van der Waals surface area (Å²) < 4.78 is 5.51. The van der Waals surface area contributed by atoms with Crippen LogP contribution in [0.15, 0.2) is 36.4 Å². The number of aromatic hydroxyl groups is 1. The molecule has 0 saturated heterocycles. The third-order valence-electron chi connectivity index (χ3n) is 2.82. The van der Waals surface area contributed by atoms with Gasteiger partial charge >= 0.3 is 0 Å². The highest BCUT2D eigenvalue weighted by Gasteiger charge is 2.24. The lowest BCUT2D eigenvalue weighted by Crippen LogP contribution is -2.12. The minimum atomic E-state index is 0.0200. The van der Waals surface area contributed by atoms with Gasteiger partial charge in [0, 0.05) is 11.6 Å². The van der Waals surface area contributed by atoms with Crippen molar-refractivity contribution < 1.29 is 9.84 Å². The lowest BCUT2D eigenvalue weighted by atomic mass is 10.1. The number of pyridine rings is 1. The number of nitrogens with zero attached hydrogens (tertiary/aromatic N) is 1. The molecule has 3 rings (SSSR count). The Hall–Kier alpha value is -1.94. The number of hydrogen-bond donors (Lipinski definition) is 2. The molecule has 0 bridgehead atoms. The van der Waals surface area contributed by atoms with Crippen LogP contribution in [0.5, 0.6) is 11.5 Å². The van der Waals surface area contributed by atoms with E-state index in [1.165, 1.54) is 0 Å². The smallest absolute Gasteiger partial charge is 0.131 e. The summed E-state index contributed by atoms with van der Waals surface area (Å²) in [6.45, 7) is 0.507. The number of phenols is 1.